The normalized spacial score (nSPS) is 13.2. The first-order valence-electron chi connectivity index (χ1n) is 11.6. The van der Waals surface area contributed by atoms with E-state index in [1.54, 1.807) is 38.6 Å². The molecular formula is C25H30Cl3N6O3P. The van der Waals surface area contributed by atoms with Crippen LogP contribution in [0.3, 0.4) is 0 Å². The SMILES string of the molecule is COc1cc2c(cc1Nc1ncc(Cl)c(Nc3ccc(NC(=O)CCl)cc3P(C)(C)=O)n1)CN(C)CC2.Cl. The minimum atomic E-state index is -2.75. The lowest BCUT2D eigenvalue weighted by Gasteiger charge is -2.26. The average Bonchev–Trinajstić information content (AvgIpc) is 2.85. The first-order chi connectivity index (χ1) is 17.6. The summed E-state index contributed by atoms with van der Waals surface area (Å²) in [6.07, 6.45) is 2.45. The molecule has 0 saturated heterocycles. The number of rotatable bonds is 8. The summed E-state index contributed by atoms with van der Waals surface area (Å²) in [6, 6.07) is 9.18. The summed E-state index contributed by atoms with van der Waals surface area (Å²) >= 11 is 12.0. The number of anilines is 5. The van der Waals surface area contributed by atoms with Gasteiger partial charge in [0, 0.05) is 24.1 Å². The third kappa shape index (κ3) is 7.10. The Labute approximate surface area is 238 Å². The number of carbonyl (C=O) groups excluding carboxylic acids is 1. The summed E-state index contributed by atoms with van der Waals surface area (Å²) in [4.78, 5) is 22.9. The van der Waals surface area contributed by atoms with Crippen molar-refractivity contribution < 1.29 is 14.1 Å². The van der Waals surface area contributed by atoms with E-state index in [0.29, 0.717) is 34.2 Å². The zero-order valence-electron chi connectivity index (χ0n) is 21.5. The van der Waals surface area contributed by atoms with Crippen LogP contribution in [0.15, 0.2) is 36.5 Å². The fourth-order valence-corrected chi connectivity index (χ4v) is 5.48. The molecular weight excluding hydrogens is 570 g/mol. The number of ether oxygens (including phenoxy) is 1. The van der Waals surface area contributed by atoms with Gasteiger partial charge in [-0.3, -0.25) is 4.79 Å². The summed E-state index contributed by atoms with van der Waals surface area (Å²) in [5, 5.41) is 9.93. The van der Waals surface area contributed by atoms with Crippen molar-refractivity contribution in [1.82, 2.24) is 14.9 Å². The molecule has 0 unspecified atom stereocenters. The quantitative estimate of drug-likeness (QED) is 0.231. The molecule has 0 fully saturated rings. The lowest BCUT2D eigenvalue weighted by atomic mass is 9.99. The van der Waals surface area contributed by atoms with Crippen LogP contribution >= 0.6 is 42.8 Å². The number of amides is 1. The summed E-state index contributed by atoms with van der Waals surface area (Å²) in [6.45, 7) is 5.15. The van der Waals surface area contributed by atoms with Crippen LogP contribution in [0.5, 0.6) is 5.75 Å². The molecule has 3 N–H and O–H groups in total. The fraction of sp³-hybridized carbons (Fsp3) is 0.320. The van der Waals surface area contributed by atoms with Crippen molar-refractivity contribution in [3.8, 4) is 5.75 Å². The highest BCUT2D eigenvalue weighted by Gasteiger charge is 2.20. The Morgan fingerprint density at radius 3 is 2.61 bits per heavy atom. The molecule has 38 heavy (non-hydrogen) atoms. The summed E-state index contributed by atoms with van der Waals surface area (Å²) < 4.78 is 18.7. The minimum absolute atomic E-state index is 0. The van der Waals surface area contributed by atoms with E-state index in [1.165, 1.54) is 17.3 Å². The largest absolute Gasteiger partial charge is 0.495 e. The molecule has 4 rings (SSSR count). The lowest BCUT2D eigenvalue weighted by Crippen LogP contribution is -2.26. The van der Waals surface area contributed by atoms with E-state index in [9.17, 15) is 9.36 Å². The van der Waals surface area contributed by atoms with E-state index < -0.39 is 7.14 Å². The maximum Gasteiger partial charge on any atom is 0.239 e. The Hall–Kier alpha value is -2.55. The minimum Gasteiger partial charge on any atom is -0.495 e. The number of carbonyl (C=O) groups is 1. The van der Waals surface area contributed by atoms with Crippen LogP contribution in [0.4, 0.5) is 28.8 Å². The number of nitrogens with zero attached hydrogens (tertiary/aromatic N) is 3. The summed E-state index contributed by atoms with van der Waals surface area (Å²) in [7, 11) is 0.977. The fourth-order valence-electron chi connectivity index (χ4n) is 4.11. The van der Waals surface area contributed by atoms with Gasteiger partial charge in [-0.15, -0.1) is 24.0 Å². The van der Waals surface area contributed by atoms with Gasteiger partial charge in [0.2, 0.25) is 11.9 Å². The van der Waals surface area contributed by atoms with Gasteiger partial charge in [0.05, 0.1) is 24.7 Å². The zero-order chi connectivity index (χ0) is 26.7. The maximum atomic E-state index is 13.1. The van der Waals surface area contributed by atoms with E-state index in [-0.39, 0.29) is 29.2 Å². The molecule has 3 aromatic rings. The van der Waals surface area contributed by atoms with E-state index in [1.807, 2.05) is 0 Å². The van der Waals surface area contributed by atoms with Crippen LogP contribution in [0.1, 0.15) is 11.1 Å². The Kier molecular flexibility index (Phi) is 9.90. The number of nitrogens with one attached hydrogen (secondary N) is 3. The van der Waals surface area contributed by atoms with Crippen molar-refractivity contribution in [2.24, 2.45) is 0 Å². The molecule has 0 atom stereocenters. The monoisotopic (exact) mass is 598 g/mol. The van der Waals surface area contributed by atoms with Crippen LogP contribution in [-0.4, -0.2) is 60.7 Å². The molecule has 1 aliphatic rings. The van der Waals surface area contributed by atoms with E-state index in [4.69, 9.17) is 27.9 Å². The number of halogens is 3. The number of benzene rings is 2. The molecule has 9 nitrogen and oxygen atoms in total. The van der Waals surface area contributed by atoms with Crippen LogP contribution in [0.2, 0.25) is 5.02 Å². The molecule has 0 aliphatic carbocycles. The van der Waals surface area contributed by atoms with Crippen molar-refractivity contribution in [2.45, 2.75) is 13.0 Å². The highest BCUT2D eigenvalue weighted by Crippen LogP contribution is 2.40. The second-order valence-corrected chi connectivity index (χ2v) is 13.1. The van der Waals surface area contributed by atoms with Gasteiger partial charge in [0.15, 0.2) is 5.82 Å². The maximum absolute atomic E-state index is 13.1. The van der Waals surface area contributed by atoms with E-state index in [2.05, 4.69) is 50.0 Å². The van der Waals surface area contributed by atoms with Gasteiger partial charge in [0.25, 0.3) is 0 Å². The number of hydrogen-bond donors (Lipinski definition) is 3. The van der Waals surface area contributed by atoms with Gasteiger partial charge in [-0.05, 0) is 68.3 Å². The van der Waals surface area contributed by atoms with Crippen LogP contribution in [0, 0.1) is 0 Å². The first-order valence-corrected chi connectivity index (χ1v) is 15.1. The smallest absolute Gasteiger partial charge is 0.239 e. The second-order valence-electron chi connectivity index (χ2n) is 9.21. The van der Waals surface area contributed by atoms with Gasteiger partial charge < -0.3 is 30.2 Å². The van der Waals surface area contributed by atoms with Gasteiger partial charge >= 0.3 is 0 Å². The number of aromatic nitrogens is 2. The Morgan fingerprint density at radius 1 is 1.16 bits per heavy atom. The standard InChI is InChI=1S/C25H29Cl2N6O3P.ClH/c1-33-8-7-15-10-21(36-2)20(9-16(15)14-33)31-25-28-13-18(27)24(32-25)30-19-6-5-17(29-23(34)12-26)11-22(19)37(3,4)35;/h5-6,9-11,13H,7-8,12,14H2,1-4H3,(H,29,34)(H2,28,30,31,32);1H. The van der Waals surface area contributed by atoms with E-state index >= 15 is 0 Å². The van der Waals surface area contributed by atoms with Gasteiger partial charge in [-0.1, -0.05) is 11.6 Å². The number of alkyl halides is 1. The van der Waals surface area contributed by atoms with Crippen molar-refractivity contribution in [3.63, 3.8) is 0 Å². The molecule has 13 heteroatoms. The Bertz CT molecular complexity index is 1380. The highest BCUT2D eigenvalue weighted by molar-refractivity contribution is 7.70. The highest BCUT2D eigenvalue weighted by atomic mass is 35.5. The molecule has 0 bridgehead atoms. The molecule has 2 heterocycles. The average molecular weight is 600 g/mol. The number of likely N-dealkylation sites (N-methyl/N-ethyl adjacent to an activating group) is 1. The number of fused-ring (bicyclic) bond motifs is 1. The van der Waals surface area contributed by atoms with Crippen molar-refractivity contribution in [3.05, 3.63) is 52.7 Å². The number of methoxy groups -OCH3 is 1. The van der Waals surface area contributed by atoms with Gasteiger partial charge in [-0.2, -0.15) is 4.98 Å². The molecule has 0 spiro atoms. The molecule has 204 valence electrons. The Balaban J connectivity index is 0.00000400. The van der Waals surface area contributed by atoms with Crippen LogP contribution in [0.25, 0.3) is 0 Å². The van der Waals surface area contributed by atoms with Crippen LogP contribution < -0.4 is 26.0 Å². The summed E-state index contributed by atoms with van der Waals surface area (Å²) in [5.74, 6) is 0.824. The topological polar surface area (TPSA) is 108 Å². The van der Waals surface area contributed by atoms with Crippen molar-refractivity contribution in [2.75, 3.05) is 55.9 Å². The first kappa shape index (κ1) is 30.0. The molecule has 1 aliphatic heterocycles. The second kappa shape index (κ2) is 12.5. The van der Waals surface area contributed by atoms with Crippen LogP contribution in [-0.2, 0) is 22.3 Å². The lowest BCUT2D eigenvalue weighted by molar-refractivity contribution is -0.113. The zero-order valence-corrected chi connectivity index (χ0v) is 24.7. The third-order valence-electron chi connectivity index (χ3n) is 5.95. The van der Waals surface area contributed by atoms with Gasteiger partial charge in [0.1, 0.15) is 23.8 Å². The number of hydrogen-bond acceptors (Lipinski definition) is 8. The third-order valence-corrected chi connectivity index (χ3v) is 8.00. The molecule has 1 aromatic heterocycles. The van der Waals surface area contributed by atoms with Gasteiger partial charge in [-0.25, -0.2) is 4.98 Å². The molecule has 0 saturated carbocycles. The Morgan fingerprint density at radius 2 is 1.92 bits per heavy atom. The predicted octanol–water partition coefficient (Wildman–Crippen LogP) is 5.46. The van der Waals surface area contributed by atoms with Crippen molar-refractivity contribution >= 4 is 82.8 Å². The van der Waals surface area contributed by atoms with Crippen molar-refractivity contribution in [1.29, 1.82) is 0 Å². The molecule has 1 amide bonds. The molecule has 0 radical (unpaired) electrons. The summed E-state index contributed by atoms with van der Waals surface area (Å²) in [5.41, 5.74) is 4.28. The molecule has 2 aromatic carbocycles. The predicted molar refractivity (Wildman–Crippen MR) is 159 cm³/mol. The van der Waals surface area contributed by atoms with E-state index in [0.717, 1.165) is 25.2 Å².